The van der Waals surface area contributed by atoms with E-state index in [1.165, 1.54) is 0 Å². The first kappa shape index (κ1) is 11.7. The van der Waals surface area contributed by atoms with Gasteiger partial charge in [-0.3, -0.25) is 4.79 Å². The Labute approximate surface area is 104 Å². The van der Waals surface area contributed by atoms with Gasteiger partial charge in [0.15, 0.2) is 0 Å². The summed E-state index contributed by atoms with van der Waals surface area (Å²) in [7, 11) is 0. The highest BCUT2D eigenvalue weighted by atomic mass is 35.5. The number of carbonyl (C=O) groups is 1. The summed E-state index contributed by atoms with van der Waals surface area (Å²) in [5.41, 5.74) is 0.874. The molecule has 1 aromatic rings. The Hall–Kier alpha value is -0.730. The second-order valence-electron chi connectivity index (χ2n) is 4.15. The molecule has 1 fully saturated rings. The smallest absolute Gasteiger partial charge is 0.307 e. The molecular formula is C12H12Cl2O2. The van der Waals surface area contributed by atoms with E-state index in [0.717, 1.165) is 24.8 Å². The van der Waals surface area contributed by atoms with E-state index in [9.17, 15) is 4.79 Å². The monoisotopic (exact) mass is 258 g/mol. The van der Waals surface area contributed by atoms with Crippen LogP contribution in [0.5, 0.6) is 0 Å². The molecule has 1 N–H and O–H groups in total. The fraction of sp³-hybridized carbons (Fsp3) is 0.417. The van der Waals surface area contributed by atoms with Crippen LogP contribution in [0.2, 0.25) is 10.0 Å². The Balaban J connectivity index is 2.35. The largest absolute Gasteiger partial charge is 0.481 e. The van der Waals surface area contributed by atoms with Gasteiger partial charge in [-0.2, -0.15) is 0 Å². The Bertz CT molecular complexity index is 417. The van der Waals surface area contributed by atoms with Gasteiger partial charge in [0.05, 0.1) is 5.92 Å². The van der Waals surface area contributed by atoms with E-state index < -0.39 is 5.97 Å². The van der Waals surface area contributed by atoms with E-state index in [1.807, 2.05) is 0 Å². The lowest BCUT2D eigenvalue weighted by Crippen LogP contribution is -2.17. The summed E-state index contributed by atoms with van der Waals surface area (Å²) in [6.45, 7) is 0. The van der Waals surface area contributed by atoms with E-state index in [0.29, 0.717) is 10.0 Å². The molecule has 2 rings (SSSR count). The molecule has 0 aromatic heterocycles. The molecule has 4 heteroatoms. The van der Waals surface area contributed by atoms with Gasteiger partial charge in [-0.05, 0) is 42.5 Å². The highest BCUT2D eigenvalue weighted by Gasteiger charge is 2.34. The Morgan fingerprint density at radius 2 is 2.06 bits per heavy atom. The van der Waals surface area contributed by atoms with Crippen molar-refractivity contribution in [3.8, 4) is 0 Å². The first-order chi connectivity index (χ1) is 7.59. The van der Waals surface area contributed by atoms with Gasteiger partial charge in [-0.1, -0.05) is 29.6 Å². The fourth-order valence-corrected chi connectivity index (χ4v) is 2.86. The predicted molar refractivity (Wildman–Crippen MR) is 64.2 cm³/mol. The molecule has 86 valence electrons. The summed E-state index contributed by atoms with van der Waals surface area (Å²) in [5.74, 6) is -1.06. The van der Waals surface area contributed by atoms with Crippen molar-refractivity contribution in [2.24, 2.45) is 5.92 Å². The van der Waals surface area contributed by atoms with Gasteiger partial charge < -0.3 is 5.11 Å². The number of rotatable bonds is 2. The number of hydrogen-bond donors (Lipinski definition) is 1. The highest BCUT2D eigenvalue weighted by molar-refractivity contribution is 6.33. The van der Waals surface area contributed by atoms with Crippen molar-refractivity contribution in [3.05, 3.63) is 33.8 Å². The number of carboxylic acid groups (broad SMARTS) is 1. The van der Waals surface area contributed by atoms with E-state index >= 15 is 0 Å². The van der Waals surface area contributed by atoms with Crippen LogP contribution in [0.25, 0.3) is 0 Å². The van der Waals surface area contributed by atoms with Crippen LogP contribution in [0.3, 0.4) is 0 Å². The van der Waals surface area contributed by atoms with Crippen molar-refractivity contribution in [2.75, 3.05) is 0 Å². The average molecular weight is 259 g/mol. The van der Waals surface area contributed by atoms with E-state index in [4.69, 9.17) is 28.3 Å². The maximum Gasteiger partial charge on any atom is 0.307 e. The van der Waals surface area contributed by atoms with Crippen LogP contribution >= 0.6 is 23.2 Å². The van der Waals surface area contributed by atoms with Gasteiger partial charge >= 0.3 is 5.97 Å². The Morgan fingerprint density at radius 3 is 2.75 bits per heavy atom. The Kier molecular flexibility index (Phi) is 3.41. The first-order valence-electron chi connectivity index (χ1n) is 5.27. The molecule has 1 aliphatic rings. The van der Waals surface area contributed by atoms with Gasteiger partial charge in [0.2, 0.25) is 0 Å². The molecule has 0 heterocycles. The van der Waals surface area contributed by atoms with Gasteiger partial charge in [-0.15, -0.1) is 0 Å². The second-order valence-corrected chi connectivity index (χ2v) is 4.99. The molecule has 0 radical (unpaired) electrons. The summed E-state index contributed by atoms with van der Waals surface area (Å²) in [6.07, 6.45) is 2.53. The van der Waals surface area contributed by atoms with Crippen LogP contribution in [0.15, 0.2) is 18.2 Å². The third kappa shape index (κ3) is 2.18. The minimum atomic E-state index is -0.737. The number of benzene rings is 1. The third-order valence-electron chi connectivity index (χ3n) is 3.19. The first-order valence-corrected chi connectivity index (χ1v) is 6.03. The number of aliphatic carboxylic acids is 1. The van der Waals surface area contributed by atoms with Crippen LogP contribution in [-0.2, 0) is 4.79 Å². The van der Waals surface area contributed by atoms with Crippen molar-refractivity contribution in [2.45, 2.75) is 25.2 Å². The second kappa shape index (κ2) is 4.64. The van der Waals surface area contributed by atoms with E-state index in [-0.39, 0.29) is 11.8 Å². The quantitative estimate of drug-likeness (QED) is 0.872. The summed E-state index contributed by atoms with van der Waals surface area (Å²) in [5, 5.41) is 10.3. The van der Waals surface area contributed by atoms with E-state index in [2.05, 4.69) is 0 Å². The molecule has 0 saturated heterocycles. The molecule has 0 amide bonds. The van der Waals surface area contributed by atoms with Crippen LogP contribution in [0.4, 0.5) is 0 Å². The molecule has 1 saturated carbocycles. The molecule has 0 aliphatic heterocycles. The van der Waals surface area contributed by atoms with Crippen LogP contribution in [-0.4, -0.2) is 11.1 Å². The summed E-state index contributed by atoms with van der Waals surface area (Å²) >= 11 is 12.0. The molecule has 0 spiro atoms. The minimum Gasteiger partial charge on any atom is -0.481 e. The molecular weight excluding hydrogens is 247 g/mol. The lowest BCUT2D eigenvalue weighted by molar-refractivity contribution is -0.142. The minimum absolute atomic E-state index is 0.00343. The molecule has 2 atom stereocenters. The molecule has 1 aliphatic carbocycles. The Morgan fingerprint density at radius 1 is 1.31 bits per heavy atom. The lowest BCUT2D eigenvalue weighted by Gasteiger charge is -2.17. The standard InChI is InChI=1S/C12H12Cl2O2/c13-7-4-5-11(14)10(6-7)8-2-1-3-9(8)12(15)16/h4-6,8-9H,1-3H2,(H,15,16). The van der Waals surface area contributed by atoms with E-state index in [1.54, 1.807) is 18.2 Å². The van der Waals surface area contributed by atoms with Crippen molar-refractivity contribution in [1.29, 1.82) is 0 Å². The molecule has 2 nitrogen and oxygen atoms in total. The zero-order chi connectivity index (χ0) is 11.7. The SMILES string of the molecule is O=C(O)C1CCCC1c1cc(Cl)ccc1Cl. The van der Waals surface area contributed by atoms with Gasteiger partial charge in [0, 0.05) is 10.0 Å². The highest BCUT2D eigenvalue weighted by Crippen LogP contribution is 2.42. The lowest BCUT2D eigenvalue weighted by atomic mass is 9.89. The normalized spacial score (nSPS) is 24.6. The maximum atomic E-state index is 11.1. The number of halogens is 2. The number of hydrogen-bond acceptors (Lipinski definition) is 1. The molecule has 0 bridgehead atoms. The molecule has 1 aromatic carbocycles. The molecule has 16 heavy (non-hydrogen) atoms. The summed E-state index contributed by atoms with van der Waals surface area (Å²) < 4.78 is 0. The zero-order valence-corrected chi connectivity index (χ0v) is 10.1. The van der Waals surface area contributed by atoms with Crippen LogP contribution in [0, 0.1) is 5.92 Å². The van der Waals surface area contributed by atoms with Crippen molar-refractivity contribution >= 4 is 29.2 Å². The topological polar surface area (TPSA) is 37.3 Å². The predicted octanol–water partition coefficient (Wildman–Crippen LogP) is 3.96. The van der Waals surface area contributed by atoms with Crippen molar-refractivity contribution in [1.82, 2.24) is 0 Å². The van der Waals surface area contributed by atoms with Gasteiger partial charge in [0.1, 0.15) is 0 Å². The maximum absolute atomic E-state index is 11.1. The zero-order valence-electron chi connectivity index (χ0n) is 8.62. The van der Waals surface area contributed by atoms with Gasteiger partial charge in [-0.25, -0.2) is 0 Å². The fourth-order valence-electron chi connectivity index (χ4n) is 2.43. The average Bonchev–Trinajstić information content (AvgIpc) is 2.70. The van der Waals surface area contributed by atoms with Gasteiger partial charge in [0.25, 0.3) is 0 Å². The third-order valence-corrected chi connectivity index (χ3v) is 3.77. The van der Waals surface area contributed by atoms with Crippen molar-refractivity contribution < 1.29 is 9.90 Å². The van der Waals surface area contributed by atoms with Crippen LogP contribution < -0.4 is 0 Å². The summed E-state index contributed by atoms with van der Waals surface area (Å²) in [4.78, 5) is 11.1. The van der Waals surface area contributed by atoms with Crippen LogP contribution in [0.1, 0.15) is 30.7 Å². The van der Waals surface area contributed by atoms with Crippen molar-refractivity contribution in [3.63, 3.8) is 0 Å². The number of carboxylic acids is 1. The molecule has 2 unspecified atom stereocenters. The summed E-state index contributed by atoms with van der Waals surface area (Å²) in [6, 6.07) is 5.24.